The van der Waals surface area contributed by atoms with Crippen LogP contribution in [-0.2, 0) is 0 Å². The molecule has 1 rings (SSSR count). The molecule has 0 aromatic carbocycles. The van der Waals surface area contributed by atoms with Crippen LogP contribution >= 0.6 is 0 Å². The van der Waals surface area contributed by atoms with Crippen molar-refractivity contribution >= 4 is 17.7 Å². The lowest BCUT2D eigenvalue weighted by molar-refractivity contribution is 0.0696. The molecule has 0 radical (unpaired) electrons. The Morgan fingerprint density at radius 3 is 2.45 bits per heavy atom. The lowest BCUT2D eigenvalue weighted by atomic mass is 10.2. The Labute approximate surface area is 118 Å². The van der Waals surface area contributed by atoms with Crippen molar-refractivity contribution in [2.45, 2.75) is 33.7 Å². The summed E-state index contributed by atoms with van der Waals surface area (Å²) in [7, 11) is 0. The minimum atomic E-state index is -1.07. The molecule has 0 spiro atoms. The quantitative estimate of drug-likeness (QED) is 0.868. The number of pyridine rings is 1. The number of nitrogens with one attached hydrogen (secondary N) is 1. The van der Waals surface area contributed by atoms with Gasteiger partial charge in [0.05, 0.1) is 17.4 Å². The van der Waals surface area contributed by atoms with Crippen LogP contribution in [0.15, 0.2) is 18.5 Å². The van der Waals surface area contributed by atoms with Crippen LogP contribution in [0.2, 0.25) is 0 Å². The molecular formula is C14H21N3O3. The molecule has 0 aliphatic carbocycles. The molecule has 2 amide bonds. The normalized spacial score (nSPS) is 10.7. The van der Waals surface area contributed by atoms with Gasteiger partial charge in [0.25, 0.3) is 0 Å². The summed E-state index contributed by atoms with van der Waals surface area (Å²) >= 11 is 0. The zero-order valence-electron chi connectivity index (χ0n) is 12.3. The number of carboxylic acids is 1. The van der Waals surface area contributed by atoms with Crippen molar-refractivity contribution in [1.29, 1.82) is 0 Å². The summed E-state index contributed by atoms with van der Waals surface area (Å²) < 4.78 is 0. The van der Waals surface area contributed by atoms with Gasteiger partial charge in [-0.05, 0) is 25.8 Å². The molecule has 0 unspecified atom stereocenters. The average molecular weight is 279 g/mol. The summed E-state index contributed by atoms with van der Waals surface area (Å²) in [5.41, 5.74) is 0.423. The number of carbonyl (C=O) groups excluding carboxylic acids is 1. The van der Waals surface area contributed by atoms with Crippen LogP contribution in [0.4, 0.5) is 10.5 Å². The molecule has 0 saturated heterocycles. The maximum absolute atomic E-state index is 12.2. The number of amides is 2. The molecule has 6 heteroatoms. The highest BCUT2D eigenvalue weighted by Gasteiger charge is 2.18. The highest BCUT2D eigenvalue weighted by Crippen LogP contribution is 2.12. The number of carbonyl (C=O) groups is 2. The molecule has 6 nitrogen and oxygen atoms in total. The fourth-order valence-electron chi connectivity index (χ4n) is 1.74. The van der Waals surface area contributed by atoms with Crippen molar-refractivity contribution in [3.63, 3.8) is 0 Å². The molecule has 0 aliphatic rings. The zero-order valence-corrected chi connectivity index (χ0v) is 12.3. The van der Waals surface area contributed by atoms with E-state index < -0.39 is 5.97 Å². The number of urea groups is 1. The van der Waals surface area contributed by atoms with Gasteiger partial charge < -0.3 is 15.3 Å². The fraction of sp³-hybridized carbons (Fsp3) is 0.500. The van der Waals surface area contributed by atoms with E-state index in [0.29, 0.717) is 18.2 Å². The minimum Gasteiger partial charge on any atom is -0.478 e. The third-order valence-electron chi connectivity index (χ3n) is 2.68. The summed E-state index contributed by atoms with van der Waals surface area (Å²) in [4.78, 5) is 28.6. The van der Waals surface area contributed by atoms with Crippen LogP contribution in [0.3, 0.4) is 0 Å². The van der Waals surface area contributed by atoms with Crippen molar-refractivity contribution in [1.82, 2.24) is 9.88 Å². The average Bonchev–Trinajstić information content (AvgIpc) is 2.35. The molecule has 0 bridgehead atoms. The third-order valence-corrected chi connectivity index (χ3v) is 2.68. The number of hydrogen-bond acceptors (Lipinski definition) is 3. The van der Waals surface area contributed by atoms with Crippen molar-refractivity contribution in [3.8, 4) is 0 Å². The number of hydrogen-bond donors (Lipinski definition) is 2. The van der Waals surface area contributed by atoms with Crippen LogP contribution < -0.4 is 5.32 Å². The Hall–Kier alpha value is -2.11. The van der Waals surface area contributed by atoms with Crippen LogP contribution in [0.5, 0.6) is 0 Å². The largest absolute Gasteiger partial charge is 0.478 e. The third kappa shape index (κ3) is 4.53. The molecule has 0 aliphatic heterocycles. The first-order valence-corrected chi connectivity index (χ1v) is 6.57. The fourth-order valence-corrected chi connectivity index (χ4v) is 1.74. The maximum atomic E-state index is 12.2. The van der Waals surface area contributed by atoms with Crippen molar-refractivity contribution in [2.24, 2.45) is 5.92 Å². The van der Waals surface area contributed by atoms with Gasteiger partial charge in [0, 0.05) is 18.8 Å². The van der Waals surface area contributed by atoms with E-state index in [1.54, 1.807) is 4.90 Å². The van der Waals surface area contributed by atoms with Gasteiger partial charge in [0.2, 0.25) is 0 Å². The SMILES string of the molecule is CC(C)CN(C(=O)Nc1cncc(C(=O)O)c1)C(C)C. The summed E-state index contributed by atoms with van der Waals surface area (Å²) in [5, 5.41) is 11.6. The number of nitrogens with zero attached hydrogens (tertiary/aromatic N) is 2. The van der Waals surface area contributed by atoms with Gasteiger partial charge in [0.15, 0.2) is 0 Å². The van der Waals surface area contributed by atoms with E-state index in [0.717, 1.165) is 0 Å². The van der Waals surface area contributed by atoms with E-state index in [1.165, 1.54) is 18.5 Å². The lowest BCUT2D eigenvalue weighted by Crippen LogP contribution is -2.42. The van der Waals surface area contributed by atoms with Crippen molar-refractivity contribution in [2.75, 3.05) is 11.9 Å². The number of rotatable bonds is 5. The van der Waals surface area contributed by atoms with E-state index in [-0.39, 0.29) is 17.6 Å². The Balaban J connectivity index is 2.82. The molecule has 110 valence electrons. The predicted molar refractivity (Wildman–Crippen MR) is 76.9 cm³/mol. The molecule has 1 heterocycles. The first-order chi connectivity index (χ1) is 9.31. The molecular weight excluding hydrogens is 258 g/mol. The maximum Gasteiger partial charge on any atom is 0.337 e. The number of aromatic carboxylic acids is 1. The van der Waals surface area contributed by atoms with Gasteiger partial charge >= 0.3 is 12.0 Å². The van der Waals surface area contributed by atoms with Crippen molar-refractivity contribution < 1.29 is 14.7 Å². The summed E-state index contributed by atoms with van der Waals surface area (Å²) in [6.07, 6.45) is 2.67. The van der Waals surface area contributed by atoms with Gasteiger partial charge in [-0.1, -0.05) is 13.8 Å². The first kappa shape index (κ1) is 15.9. The topological polar surface area (TPSA) is 82.5 Å². The zero-order chi connectivity index (χ0) is 15.3. The van der Waals surface area contributed by atoms with Crippen LogP contribution in [0.1, 0.15) is 38.1 Å². The molecule has 0 saturated carbocycles. The Morgan fingerprint density at radius 1 is 1.30 bits per heavy atom. The van der Waals surface area contributed by atoms with E-state index in [2.05, 4.69) is 10.3 Å². The van der Waals surface area contributed by atoms with E-state index in [4.69, 9.17) is 5.11 Å². The monoisotopic (exact) mass is 279 g/mol. The van der Waals surface area contributed by atoms with E-state index in [9.17, 15) is 9.59 Å². The predicted octanol–water partition coefficient (Wildman–Crippen LogP) is 2.68. The Kier molecular flexibility index (Phi) is 5.49. The highest BCUT2D eigenvalue weighted by molar-refractivity contribution is 5.92. The van der Waals surface area contributed by atoms with Crippen molar-refractivity contribution in [3.05, 3.63) is 24.0 Å². The first-order valence-electron chi connectivity index (χ1n) is 6.57. The van der Waals surface area contributed by atoms with Gasteiger partial charge in [-0.2, -0.15) is 0 Å². The molecule has 20 heavy (non-hydrogen) atoms. The smallest absolute Gasteiger partial charge is 0.337 e. The molecule has 0 atom stereocenters. The van der Waals surface area contributed by atoms with Gasteiger partial charge in [0.1, 0.15) is 0 Å². The van der Waals surface area contributed by atoms with Crippen LogP contribution in [0, 0.1) is 5.92 Å². The van der Waals surface area contributed by atoms with Gasteiger partial charge in [-0.25, -0.2) is 9.59 Å². The standard InChI is InChI=1S/C14H21N3O3/c1-9(2)8-17(10(3)4)14(20)16-12-5-11(13(18)19)6-15-7-12/h5-7,9-10H,8H2,1-4H3,(H,16,20)(H,18,19). The highest BCUT2D eigenvalue weighted by atomic mass is 16.4. The second kappa shape index (κ2) is 6.88. The molecule has 1 aromatic rings. The van der Waals surface area contributed by atoms with Gasteiger partial charge in [-0.3, -0.25) is 4.98 Å². The Morgan fingerprint density at radius 2 is 1.95 bits per heavy atom. The van der Waals surface area contributed by atoms with E-state index >= 15 is 0 Å². The lowest BCUT2D eigenvalue weighted by Gasteiger charge is -2.28. The second-order valence-corrected chi connectivity index (χ2v) is 5.34. The summed E-state index contributed by atoms with van der Waals surface area (Å²) in [6, 6.07) is 1.20. The molecule has 1 aromatic heterocycles. The molecule has 0 fully saturated rings. The van der Waals surface area contributed by atoms with Gasteiger partial charge in [-0.15, -0.1) is 0 Å². The minimum absolute atomic E-state index is 0.0442. The number of carboxylic acid groups (broad SMARTS) is 1. The summed E-state index contributed by atoms with van der Waals surface area (Å²) in [5.74, 6) is -0.719. The van der Waals surface area contributed by atoms with Crippen LogP contribution in [-0.4, -0.2) is 39.6 Å². The second-order valence-electron chi connectivity index (χ2n) is 5.34. The van der Waals surface area contributed by atoms with Crippen LogP contribution in [0.25, 0.3) is 0 Å². The van der Waals surface area contributed by atoms with E-state index in [1.807, 2.05) is 27.7 Å². The molecule has 2 N–H and O–H groups in total. The Bertz CT molecular complexity index is 486. The number of anilines is 1. The number of aromatic nitrogens is 1. The summed E-state index contributed by atoms with van der Waals surface area (Å²) in [6.45, 7) is 8.59.